The van der Waals surface area contributed by atoms with Gasteiger partial charge in [-0.1, -0.05) is 129 Å². The van der Waals surface area contributed by atoms with Crippen LogP contribution in [0.1, 0.15) is 25.0 Å². The van der Waals surface area contributed by atoms with Crippen LogP contribution in [0.2, 0.25) is 0 Å². The predicted molar refractivity (Wildman–Crippen MR) is 231 cm³/mol. The molecule has 4 aromatic heterocycles. The Balaban J connectivity index is 1.06. The van der Waals surface area contributed by atoms with Crippen molar-refractivity contribution in [1.29, 1.82) is 0 Å². The molecule has 11 aromatic rings. The average Bonchev–Trinajstić information content (AvgIpc) is 3.89. The van der Waals surface area contributed by atoms with Crippen molar-refractivity contribution in [1.82, 2.24) is 14.5 Å². The molecule has 0 radical (unpaired) electrons. The number of hydrogen-bond donors (Lipinski definition) is 0. The van der Waals surface area contributed by atoms with E-state index in [1.54, 1.807) is 0 Å². The molecule has 0 atom stereocenters. The Morgan fingerprint density at radius 1 is 0.481 bits per heavy atom. The van der Waals surface area contributed by atoms with Gasteiger partial charge in [0.1, 0.15) is 0 Å². The normalized spacial score (nSPS) is 13.5. The molecule has 0 fully saturated rings. The first-order valence-corrected chi connectivity index (χ1v) is 20.0. The smallest absolute Gasteiger partial charge is 0.161 e. The Kier molecular flexibility index (Phi) is 6.15. The fourth-order valence-corrected chi connectivity index (χ4v) is 11.4. The molecule has 0 bridgehead atoms. The summed E-state index contributed by atoms with van der Waals surface area (Å²) in [6.07, 6.45) is 0. The summed E-state index contributed by atoms with van der Waals surface area (Å²) in [5.41, 5.74) is 12.9. The molecule has 12 rings (SSSR count). The molecule has 0 saturated heterocycles. The summed E-state index contributed by atoms with van der Waals surface area (Å²) in [5.74, 6) is 0.754. The summed E-state index contributed by atoms with van der Waals surface area (Å²) >= 11 is 3.72. The number of nitrogens with zero attached hydrogens (tertiary/aromatic N) is 3. The first-order chi connectivity index (χ1) is 26.5. The van der Waals surface area contributed by atoms with Gasteiger partial charge in [-0.05, 0) is 58.7 Å². The van der Waals surface area contributed by atoms with Crippen LogP contribution >= 0.6 is 22.7 Å². The van der Waals surface area contributed by atoms with Crippen LogP contribution in [0.3, 0.4) is 0 Å². The lowest BCUT2D eigenvalue weighted by atomic mass is 9.74. The first kappa shape index (κ1) is 30.3. The predicted octanol–water partition coefficient (Wildman–Crippen LogP) is 13.9. The van der Waals surface area contributed by atoms with Crippen molar-refractivity contribution in [2.45, 2.75) is 19.3 Å². The van der Waals surface area contributed by atoms with Crippen LogP contribution in [0.4, 0.5) is 0 Å². The van der Waals surface area contributed by atoms with Crippen LogP contribution in [0, 0.1) is 0 Å². The Labute approximate surface area is 319 Å². The fraction of sp³-hybridized carbons (Fsp3) is 0.0612. The molecule has 1 aliphatic heterocycles. The lowest BCUT2D eigenvalue weighted by molar-refractivity contribution is 0.630. The van der Waals surface area contributed by atoms with E-state index in [-0.39, 0.29) is 5.41 Å². The van der Waals surface area contributed by atoms with Gasteiger partial charge in [-0.25, -0.2) is 9.97 Å². The molecule has 7 aromatic carbocycles. The van der Waals surface area contributed by atoms with Crippen LogP contribution in [-0.2, 0) is 5.41 Å². The van der Waals surface area contributed by atoms with Crippen LogP contribution in [-0.4, -0.2) is 14.5 Å². The zero-order valence-corrected chi connectivity index (χ0v) is 31.2. The SMILES string of the molecule is CC1(C)c2ccc(-c3cccc(-c4nc(-c5cccc6c5sc5ccccc56)nc5ccccc45)c3)cc2-n2c3c1cccc3c1sc3ccccc3c12. The van der Waals surface area contributed by atoms with Gasteiger partial charge in [0, 0.05) is 57.6 Å². The van der Waals surface area contributed by atoms with Crippen LogP contribution in [0.15, 0.2) is 152 Å². The zero-order valence-electron chi connectivity index (χ0n) is 29.6. The summed E-state index contributed by atoms with van der Waals surface area (Å²) in [5, 5.41) is 6.23. The molecule has 0 aliphatic carbocycles. The molecule has 254 valence electrons. The Hall–Kier alpha value is -6.14. The average molecular weight is 726 g/mol. The third kappa shape index (κ3) is 4.11. The first-order valence-electron chi connectivity index (χ1n) is 18.4. The van der Waals surface area contributed by atoms with E-state index >= 15 is 0 Å². The van der Waals surface area contributed by atoms with Gasteiger partial charge in [0.15, 0.2) is 5.82 Å². The molecule has 0 saturated carbocycles. The van der Waals surface area contributed by atoms with Crippen LogP contribution in [0.25, 0.3) is 102 Å². The molecule has 0 spiro atoms. The van der Waals surface area contributed by atoms with E-state index in [9.17, 15) is 0 Å². The van der Waals surface area contributed by atoms with E-state index < -0.39 is 0 Å². The Morgan fingerprint density at radius 3 is 2.04 bits per heavy atom. The van der Waals surface area contributed by atoms with Gasteiger partial charge in [0.05, 0.1) is 32.6 Å². The van der Waals surface area contributed by atoms with Crippen LogP contribution in [0.5, 0.6) is 0 Å². The molecule has 5 heterocycles. The number of thiophene rings is 2. The van der Waals surface area contributed by atoms with Gasteiger partial charge < -0.3 is 4.57 Å². The minimum absolute atomic E-state index is 0.144. The summed E-state index contributed by atoms with van der Waals surface area (Å²) in [4.78, 5) is 10.5. The highest BCUT2D eigenvalue weighted by Gasteiger charge is 2.36. The standard InChI is InChI=1S/C49H31N3S2/c1-49(2)37-25-24-29(27-40(37)52-44-35(18-11-20-38(44)49)47-45(52)34-16-5-8-23-42(34)54-47)28-12-9-13-30(26-28)43-33-15-3-6-21-39(33)50-48(51-43)36-19-10-17-32-31-14-4-7-22-41(31)53-46(32)36/h3-27H,1-2H3. The van der Waals surface area contributed by atoms with Crippen molar-refractivity contribution < 1.29 is 0 Å². The molecular formula is C49H31N3S2. The van der Waals surface area contributed by atoms with E-state index in [0.717, 1.165) is 39.1 Å². The highest BCUT2D eigenvalue weighted by molar-refractivity contribution is 7.27. The van der Waals surface area contributed by atoms with Crippen molar-refractivity contribution in [2.75, 3.05) is 0 Å². The second-order valence-electron chi connectivity index (χ2n) is 14.9. The quantitative estimate of drug-likeness (QED) is 0.182. The maximum atomic E-state index is 5.38. The molecule has 5 heteroatoms. The lowest BCUT2D eigenvalue weighted by Crippen LogP contribution is -2.26. The summed E-state index contributed by atoms with van der Waals surface area (Å²) in [7, 11) is 0. The van der Waals surface area contributed by atoms with Gasteiger partial charge in [-0.15, -0.1) is 22.7 Å². The maximum Gasteiger partial charge on any atom is 0.161 e. The van der Waals surface area contributed by atoms with Gasteiger partial charge >= 0.3 is 0 Å². The van der Waals surface area contributed by atoms with Crippen LogP contribution < -0.4 is 0 Å². The number of para-hydroxylation sites is 2. The number of hydrogen-bond acceptors (Lipinski definition) is 4. The minimum Gasteiger partial charge on any atom is -0.307 e. The van der Waals surface area contributed by atoms with E-state index in [0.29, 0.717) is 0 Å². The second kappa shape index (κ2) is 11.0. The highest BCUT2D eigenvalue weighted by atomic mass is 32.1. The number of aromatic nitrogens is 3. The molecule has 1 aliphatic rings. The van der Waals surface area contributed by atoms with Gasteiger partial charge in [0.2, 0.25) is 0 Å². The number of fused-ring (bicyclic) bond motifs is 11. The van der Waals surface area contributed by atoms with E-state index in [4.69, 9.17) is 9.97 Å². The Morgan fingerprint density at radius 2 is 1.15 bits per heavy atom. The largest absolute Gasteiger partial charge is 0.307 e. The van der Waals surface area contributed by atoms with Crippen molar-refractivity contribution in [3.05, 3.63) is 163 Å². The maximum absolute atomic E-state index is 5.38. The summed E-state index contributed by atoms with van der Waals surface area (Å²) in [6, 6.07) is 55.3. The topological polar surface area (TPSA) is 30.7 Å². The van der Waals surface area contributed by atoms with Crippen molar-refractivity contribution in [2.24, 2.45) is 0 Å². The molecule has 0 N–H and O–H groups in total. The summed E-state index contributed by atoms with van der Waals surface area (Å²) in [6.45, 7) is 4.75. The lowest BCUT2D eigenvalue weighted by Gasteiger charge is -2.35. The second-order valence-corrected chi connectivity index (χ2v) is 17.0. The fourth-order valence-electron chi connectivity index (χ4n) is 9.02. The van der Waals surface area contributed by atoms with Gasteiger partial charge in [-0.3, -0.25) is 0 Å². The van der Waals surface area contributed by atoms with Crippen molar-refractivity contribution in [3.63, 3.8) is 0 Å². The Bertz CT molecular complexity index is 3380. The van der Waals surface area contributed by atoms with E-state index in [2.05, 4.69) is 170 Å². The van der Waals surface area contributed by atoms with Crippen molar-refractivity contribution in [3.8, 4) is 39.5 Å². The van der Waals surface area contributed by atoms with E-state index in [1.165, 1.54) is 73.8 Å². The zero-order chi connectivity index (χ0) is 35.7. The molecule has 0 amide bonds. The molecular weight excluding hydrogens is 695 g/mol. The highest BCUT2D eigenvalue weighted by Crippen LogP contribution is 2.51. The monoisotopic (exact) mass is 725 g/mol. The molecule has 54 heavy (non-hydrogen) atoms. The van der Waals surface area contributed by atoms with Crippen molar-refractivity contribution >= 4 is 85.0 Å². The minimum atomic E-state index is -0.144. The molecule has 3 nitrogen and oxygen atoms in total. The number of benzene rings is 7. The molecule has 0 unspecified atom stereocenters. The van der Waals surface area contributed by atoms with E-state index in [1.807, 2.05) is 22.7 Å². The number of rotatable bonds is 3. The third-order valence-electron chi connectivity index (χ3n) is 11.6. The van der Waals surface area contributed by atoms with Gasteiger partial charge in [0.25, 0.3) is 0 Å². The summed E-state index contributed by atoms with van der Waals surface area (Å²) < 4.78 is 7.75. The third-order valence-corrected chi connectivity index (χ3v) is 14.0. The van der Waals surface area contributed by atoms with Gasteiger partial charge in [-0.2, -0.15) is 0 Å².